The molecule has 7 nitrogen and oxygen atoms in total. The molecule has 0 aromatic carbocycles. The quantitative estimate of drug-likeness (QED) is 0.381. The molecule has 0 aromatic rings. The molecule has 0 saturated carbocycles. The number of methoxy groups -OCH3 is 4. The maximum atomic E-state index is 5.91. The molecule has 0 aliphatic rings. The van der Waals surface area contributed by atoms with Crippen molar-refractivity contribution in [2.75, 3.05) is 81.3 Å². The summed E-state index contributed by atoms with van der Waals surface area (Å²) in [5.74, 6) is 0. The molecule has 0 bridgehead atoms. The fourth-order valence-electron chi connectivity index (χ4n) is 1.61. The first kappa shape index (κ1) is 20.7. The van der Waals surface area contributed by atoms with Gasteiger partial charge in [-0.1, -0.05) is 0 Å². The fraction of sp³-hybridized carbons (Fsp3) is 1.00. The van der Waals surface area contributed by atoms with Gasteiger partial charge in [0.15, 0.2) is 0 Å². The molecule has 128 valence electrons. The molecular formula is C14H30O7. The summed E-state index contributed by atoms with van der Waals surface area (Å²) < 4.78 is 37.0. The van der Waals surface area contributed by atoms with Crippen LogP contribution in [0.15, 0.2) is 0 Å². The molecule has 0 aromatic heterocycles. The van der Waals surface area contributed by atoms with Crippen LogP contribution >= 0.6 is 0 Å². The first-order valence-electron chi connectivity index (χ1n) is 7.05. The van der Waals surface area contributed by atoms with Crippen LogP contribution in [0, 0.1) is 0 Å². The van der Waals surface area contributed by atoms with Crippen molar-refractivity contribution >= 4 is 0 Å². The van der Waals surface area contributed by atoms with E-state index >= 15 is 0 Å². The Morgan fingerprint density at radius 2 is 0.952 bits per heavy atom. The Bertz CT molecular complexity index is 184. The summed E-state index contributed by atoms with van der Waals surface area (Å²) in [5, 5.41) is 0. The highest BCUT2D eigenvalue weighted by Crippen LogP contribution is 2.03. The molecule has 2 unspecified atom stereocenters. The van der Waals surface area contributed by atoms with Crippen molar-refractivity contribution in [1.29, 1.82) is 0 Å². The van der Waals surface area contributed by atoms with Gasteiger partial charge in [-0.3, -0.25) is 0 Å². The highest BCUT2D eigenvalue weighted by atomic mass is 16.6. The van der Waals surface area contributed by atoms with Gasteiger partial charge in [0.1, 0.15) is 12.2 Å². The number of rotatable bonds is 16. The molecule has 0 spiro atoms. The van der Waals surface area contributed by atoms with Gasteiger partial charge in [-0.05, 0) is 0 Å². The standard InChI is InChI=1S/C14H30O7/c1-15-5-7-19-11-13(9-17-3)21-14(10-18-4)12-20-8-6-16-2/h13-14H,5-12H2,1-4H3. The van der Waals surface area contributed by atoms with Crippen LogP contribution in [0.5, 0.6) is 0 Å². The first-order chi connectivity index (χ1) is 10.3. The molecule has 0 amide bonds. The second-order valence-electron chi connectivity index (χ2n) is 4.43. The zero-order valence-corrected chi connectivity index (χ0v) is 13.7. The smallest absolute Gasteiger partial charge is 0.105 e. The predicted molar refractivity (Wildman–Crippen MR) is 77.8 cm³/mol. The molecule has 0 fully saturated rings. The predicted octanol–water partition coefficient (Wildman–Crippen LogP) is 0.359. The van der Waals surface area contributed by atoms with Gasteiger partial charge >= 0.3 is 0 Å². The third-order valence-corrected chi connectivity index (χ3v) is 2.56. The largest absolute Gasteiger partial charge is 0.382 e. The molecular weight excluding hydrogens is 280 g/mol. The van der Waals surface area contributed by atoms with E-state index in [2.05, 4.69) is 0 Å². The van der Waals surface area contributed by atoms with Gasteiger partial charge in [-0.25, -0.2) is 0 Å². The average Bonchev–Trinajstić information content (AvgIpc) is 2.48. The maximum Gasteiger partial charge on any atom is 0.105 e. The van der Waals surface area contributed by atoms with E-state index in [1.807, 2.05) is 0 Å². The van der Waals surface area contributed by atoms with Gasteiger partial charge in [0.25, 0.3) is 0 Å². The van der Waals surface area contributed by atoms with Crippen LogP contribution < -0.4 is 0 Å². The molecule has 0 rings (SSSR count). The lowest BCUT2D eigenvalue weighted by molar-refractivity contribution is -0.126. The molecule has 0 N–H and O–H groups in total. The minimum Gasteiger partial charge on any atom is -0.382 e. The van der Waals surface area contributed by atoms with Crippen molar-refractivity contribution in [3.8, 4) is 0 Å². The first-order valence-corrected chi connectivity index (χ1v) is 7.05. The molecule has 0 saturated heterocycles. The topological polar surface area (TPSA) is 64.6 Å². The van der Waals surface area contributed by atoms with Crippen LogP contribution in [0.25, 0.3) is 0 Å². The Kier molecular flexibility index (Phi) is 15.9. The summed E-state index contributed by atoms with van der Waals surface area (Å²) >= 11 is 0. The SMILES string of the molecule is COCCOCC(COC)OC(COC)COCCOC. The summed E-state index contributed by atoms with van der Waals surface area (Å²) in [6.07, 6.45) is -0.337. The van der Waals surface area contributed by atoms with E-state index in [4.69, 9.17) is 33.2 Å². The number of hydrogen-bond acceptors (Lipinski definition) is 7. The summed E-state index contributed by atoms with van der Waals surface area (Å²) in [5.41, 5.74) is 0. The molecule has 21 heavy (non-hydrogen) atoms. The van der Waals surface area contributed by atoms with Crippen molar-refractivity contribution < 1.29 is 33.2 Å². The Morgan fingerprint density at radius 1 is 0.524 bits per heavy atom. The number of ether oxygens (including phenoxy) is 7. The highest BCUT2D eigenvalue weighted by molar-refractivity contribution is 4.63. The van der Waals surface area contributed by atoms with Crippen LogP contribution in [-0.2, 0) is 33.2 Å². The zero-order chi connectivity index (χ0) is 15.8. The van der Waals surface area contributed by atoms with Gasteiger partial charge in [0.2, 0.25) is 0 Å². The van der Waals surface area contributed by atoms with Gasteiger partial charge in [-0.15, -0.1) is 0 Å². The van der Waals surface area contributed by atoms with E-state index < -0.39 is 0 Å². The number of hydrogen-bond donors (Lipinski definition) is 0. The van der Waals surface area contributed by atoms with E-state index in [0.29, 0.717) is 52.9 Å². The second-order valence-corrected chi connectivity index (χ2v) is 4.43. The Balaban J connectivity index is 4.04. The van der Waals surface area contributed by atoms with Gasteiger partial charge in [-0.2, -0.15) is 0 Å². The van der Waals surface area contributed by atoms with Crippen LogP contribution in [0.4, 0.5) is 0 Å². The molecule has 2 atom stereocenters. The lowest BCUT2D eigenvalue weighted by atomic mass is 10.3. The van der Waals surface area contributed by atoms with Gasteiger partial charge in [0.05, 0.1) is 52.9 Å². The molecule has 0 radical (unpaired) electrons. The minimum absolute atomic E-state index is 0.168. The van der Waals surface area contributed by atoms with Crippen LogP contribution in [0.3, 0.4) is 0 Å². The zero-order valence-electron chi connectivity index (χ0n) is 13.7. The van der Waals surface area contributed by atoms with E-state index in [0.717, 1.165) is 0 Å². The Labute approximate surface area is 127 Å². The van der Waals surface area contributed by atoms with Crippen molar-refractivity contribution in [1.82, 2.24) is 0 Å². The lowest BCUT2D eigenvalue weighted by Crippen LogP contribution is -2.35. The summed E-state index contributed by atoms with van der Waals surface area (Å²) in [4.78, 5) is 0. The summed E-state index contributed by atoms with van der Waals surface area (Å²) in [6.45, 7) is 3.95. The summed E-state index contributed by atoms with van der Waals surface area (Å²) in [7, 11) is 6.54. The normalized spacial score (nSPS) is 14.3. The molecule has 7 heteroatoms. The molecule has 0 heterocycles. The summed E-state index contributed by atoms with van der Waals surface area (Å²) in [6, 6.07) is 0. The van der Waals surface area contributed by atoms with Gasteiger partial charge < -0.3 is 33.2 Å². The Hall–Kier alpha value is -0.280. The van der Waals surface area contributed by atoms with Gasteiger partial charge in [0, 0.05) is 28.4 Å². The average molecular weight is 310 g/mol. The van der Waals surface area contributed by atoms with Crippen molar-refractivity contribution in [2.45, 2.75) is 12.2 Å². The van der Waals surface area contributed by atoms with Crippen molar-refractivity contribution in [3.63, 3.8) is 0 Å². The van der Waals surface area contributed by atoms with E-state index in [1.165, 1.54) is 0 Å². The molecule has 0 aliphatic heterocycles. The van der Waals surface area contributed by atoms with E-state index in [-0.39, 0.29) is 12.2 Å². The maximum absolute atomic E-state index is 5.91. The van der Waals surface area contributed by atoms with Crippen molar-refractivity contribution in [2.24, 2.45) is 0 Å². The third kappa shape index (κ3) is 13.1. The third-order valence-electron chi connectivity index (χ3n) is 2.56. The Morgan fingerprint density at radius 3 is 1.29 bits per heavy atom. The minimum atomic E-state index is -0.168. The van der Waals surface area contributed by atoms with E-state index in [1.54, 1.807) is 28.4 Å². The lowest BCUT2D eigenvalue weighted by Gasteiger charge is -2.24. The molecule has 0 aliphatic carbocycles. The fourth-order valence-corrected chi connectivity index (χ4v) is 1.61. The van der Waals surface area contributed by atoms with Crippen LogP contribution in [0.1, 0.15) is 0 Å². The van der Waals surface area contributed by atoms with Crippen LogP contribution in [0.2, 0.25) is 0 Å². The monoisotopic (exact) mass is 310 g/mol. The van der Waals surface area contributed by atoms with E-state index in [9.17, 15) is 0 Å². The second kappa shape index (κ2) is 16.1. The van der Waals surface area contributed by atoms with Crippen molar-refractivity contribution in [3.05, 3.63) is 0 Å². The van der Waals surface area contributed by atoms with Crippen LogP contribution in [-0.4, -0.2) is 93.5 Å². The highest BCUT2D eigenvalue weighted by Gasteiger charge is 2.17.